The second-order valence-electron chi connectivity index (χ2n) is 8.15. The Hall–Kier alpha value is -1.60. The number of halogens is 1. The van der Waals surface area contributed by atoms with Crippen molar-refractivity contribution >= 4 is 50.3 Å². The van der Waals surface area contributed by atoms with Gasteiger partial charge in [0.25, 0.3) is 5.91 Å². The molecular formula is C22H28BrN3O2S. The van der Waals surface area contributed by atoms with Gasteiger partial charge in [0.2, 0.25) is 5.88 Å². The van der Waals surface area contributed by atoms with Gasteiger partial charge in [0.15, 0.2) is 0 Å². The molecule has 2 aromatic heterocycles. The molecule has 4 rings (SSSR count). The molecule has 0 atom stereocenters. The number of amides is 1. The van der Waals surface area contributed by atoms with E-state index in [4.69, 9.17) is 9.41 Å². The Bertz CT molecular complexity index is 910. The zero-order valence-electron chi connectivity index (χ0n) is 17.1. The van der Waals surface area contributed by atoms with Crippen LogP contribution in [0.25, 0.3) is 0 Å². The third-order valence-electron chi connectivity index (χ3n) is 5.72. The van der Waals surface area contributed by atoms with Gasteiger partial charge in [-0.1, -0.05) is 19.3 Å². The molecule has 0 spiro atoms. The first-order valence-corrected chi connectivity index (χ1v) is 12.1. The molecule has 1 saturated carbocycles. The van der Waals surface area contributed by atoms with Crippen LogP contribution in [0, 0.1) is 0 Å². The van der Waals surface area contributed by atoms with Gasteiger partial charge in [-0.3, -0.25) is 4.79 Å². The van der Waals surface area contributed by atoms with Crippen LogP contribution in [-0.2, 0) is 12.8 Å². The van der Waals surface area contributed by atoms with Gasteiger partial charge in [-0.2, -0.15) is 0 Å². The fraction of sp³-hybridized carbons (Fsp3) is 0.545. The van der Waals surface area contributed by atoms with Crippen LogP contribution in [0.15, 0.2) is 19.9 Å². The van der Waals surface area contributed by atoms with Crippen molar-refractivity contribution in [1.82, 2.24) is 5.32 Å². The van der Waals surface area contributed by atoms with Crippen LogP contribution in [0.3, 0.4) is 0 Å². The molecule has 0 aromatic carbocycles. The summed E-state index contributed by atoms with van der Waals surface area (Å²) in [6.07, 6.45) is 12.0. The summed E-state index contributed by atoms with van der Waals surface area (Å²) in [4.78, 5) is 21.2. The number of thiophene rings is 1. The zero-order valence-corrected chi connectivity index (χ0v) is 19.5. The number of carbonyl (C=O) groups is 1. The monoisotopic (exact) mass is 477 g/mol. The summed E-state index contributed by atoms with van der Waals surface area (Å²) in [6.45, 7) is 0. The van der Waals surface area contributed by atoms with Crippen molar-refractivity contribution in [2.75, 3.05) is 19.0 Å². The topological polar surface area (TPSA) is 57.8 Å². The quantitative estimate of drug-likeness (QED) is 0.548. The number of furan rings is 1. The van der Waals surface area contributed by atoms with Crippen molar-refractivity contribution in [2.24, 2.45) is 4.99 Å². The number of aliphatic imine (C=N–C) groups is 1. The number of hydrogen-bond acceptors (Lipinski definition) is 5. The Kier molecular flexibility index (Phi) is 6.44. The first kappa shape index (κ1) is 20.7. The second-order valence-corrected chi connectivity index (χ2v) is 10.1. The van der Waals surface area contributed by atoms with Crippen LogP contribution in [-0.4, -0.2) is 32.3 Å². The molecule has 0 saturated heterocycles. The molecule has 0 unspecified atom stereocenters. The summed E-state index contributed by atoms with van der Waals surface area (Å²) in [5.74, 6) is 1.48. The van der Waals surface area contributed by atoms with E-state index in [1.807, 2.05) is 25.1 Å². The van der Waals surface area contributed by atoms with Gasteiger partial charge in [0, 0.05) is 31.1 Å². The molecule has 0 aliphatic heterocycles. The van der Waals surface area contributed by atoms with Crippen LogP contribution < -0.4 is 10.2 Å². The van der Waals surface area contributed by atoms with Gasteiger partial charge in [0.1, 0.15) is 10.8 Å². The van der Waals surface area contributed by atoms with E-state index in [1.165, 1.54) is 36.1 Å². The molecule has 1 N–H and O–H groups in total. The molecule has 1 amide bonds. The first-order valence-electron chi connectivity index (χ1n) is 10.5. The van der Waals surface area contributed by atoms with E-state index in [0.717, 1.165) is 53.0 Å². The highest BCUT2D eigenvalue weighted by atomic mass is 79.9. The standard InChI is InChI=1S/C22H28BrN3O2S/c1-26(2)22-17(23)12-15(28-22)13-24-21-19(16-10-6-7-11-18(16)29-21)20(27)25-14-8-4-3-5-9-14/h12-14H,3-11H2,1-2H3,(H,25,27). The third kappa shape index (κ3) is 4.61. The van der Waals surface area contributed by atoms with Crippen LogP contribution in [0.2, 0.25) is 0 Å². The highest BCUT2D eigenvalue weighted by molar-refractivity contribution is 9.10. The lowest BCUT2D eigenvalue weighted by Gasteiger charge is -2.23. The van der Waals surface area contributed by atoms with Gasteiger partial charge < -0.3 is 14.6 Å². The number of anilines is 1. The van der Waals surface area contributed by atoms with E-state index < -0.39 is 0 Å². The van der Waals surface area contributed by atoms with Gasteiger partial charge in [-0.15, -0.1) is 11.3 Å². The summed E-state index contributed by atoms with van der Waals surface area (Å²) >= 11 is 5.19. The minimum atomic E-state index is 0.0538. The Balaban J connectivity index is 1.61. The van der Waals surface area contributed by atoms with Gasteiger partial charge in [0.05, 0.1) is 16.3 Å². The predicted molar refractivity (Wildman–Crippen MR) is 123 cm³/mol. The Labute approximate surface area is 184 Å². The van der Waals surface area contributed by atoms with Crippen molar-refractivity contribution in [3.05, 3.63) is 32.3 Å². The molecule has 2 aliphatic rings. The third-order valence-corrected chi connectivity index (χ3v) is 7.49. The van der Waals surface area contributed by atoms with E-state index in [1.54, 1.807) is 17.6 Å². The molecule has 2 aromatic rings. The van der Waals surface area contributed by atoms with E-state index in [9.17, 15) is 4.79 Å². The maximum Gasteiger partial charge on any atom is 0.254 e. The summed E-state index contributed by atoms with van der Waals surface area (Å²) in [7, 11) is 3.87. The number of nitrogens with zero attached hydrogens (tertiary/aromatic N) is 2. The SMILES string of the molecule is CN(C)c1oc(C=Nc2sc3c(c2C(=O)NC2CCCCC2)CCCC3)cc1Br. The number of hydrogen-bond donors (Lipinski definition) is 1. The fourth-order valence-corrected chi connectivity index (χ4v) is 6.14. The van der Waals surface area contributed by atoms with Crippen molar-refractivity contribution in [1.29, 1.82) is 0 Å². The van der Waals surface area contributed by atoms with E-state index in [-0.39, 0.29) is 5.91 Å². The van der Waals surface area contributed by atoms with Crippen LogP contribution in [0.4, 0.5) is 10.9 Å². The molecule has 2 heterocycles. The molecule has 7 heteroatoms. The minimum absolute atomic E-state index is 0.0538. The molecule has 2 aliphatic carbocycles. The van der Waals surface area contributed by atoms with Crippen LogP contribution in [0.1, 0.15) is 71.5 Å². The van der Waals surface area contributed by atoms with E-state index in [0.29, 0.717) is 11.8 Å². The van der Waals surface area contributed by atoms with Crippen LogP contribution >= 0.6 is 27.3 Å². The smallest absolute Gasteiger partial charge is 0.254 e. The first-order chi connectivity index (χ1) is 14.0. The Morgan fingerprint density at radius 1 is 1.24 bits per heavy atom. The molecular weight excluding hydrogens is 450 g/mol. The number of rotatable bonds is 5. The van der Waals surface area contributed by atoms with Crippen molar-refractivity contribution in [3.8, 4) is 0 Å². The number of nitrogens with one attached hydrogen (secondary N) is 1. The molecule has 156 valence electrons. The lowest BCUT2D eigenvalue weighted by Crippen LogP contribution is -2.36. The van der Waals surface area contributed by atoms with Crippen LogP contribution in [0.5, 0.6) is 0 Å². The molecule has 5 nitrogen and oxygen atoms in total. The summed E-state index contributed by atoms with van der Waals surface area (Å²) in [5.41, 5.74) is 2.02. The predicted octanol–water partition coefficient (Wildman–Crippen LogP) is 5.86. The summed E-state index contributed by atoms with van der Waals surface area (Å²) < 4.78 is 6.75. The molecule has 1 fully saturated rings. The number of aryl methyl sites for hydroxylation is 1. The summed E-state index contributed by atoms with van der Waals surface area (Å²) in [5, 5.41) is 4.10. The van der Waals surface area contributed by atoms with Crippen molar-refractivity contribution < 1.29 is 9.21 Å². The normalized spacial score (nSPS) is 17.5. The van der Waals surface area contributed by atoms with E-state index >= 15 is 0 Å². The van der Waals surface area contributed by atoms with Gasteiger partial charge in [-0.25, -0.2) is 4.99 Å². The molecule has 0 radical (unpaired) electrons. The van der Waals surface area contributed by atoms with Crippen molar-refractivity contribution in [2.45, 2.75) is 63.8 Å². The highest BCUT2D eigenvalue weighted by Gasteiger charge is 2.27. The average Bonchev–Trinajstić information content (AvgIpc) is 3.27. The maximum atomic E-state index is 13.2. The number of fused-ring (bicyclic) bond motifs is 1. The lowest BCUT2D eigenvalue weighted by molar-refractivity contribution is 0.0927. The van der Waals surface area contributed by atoms with E-state index in [2.05, 4.69) is 21.2 Å². The molecule has 0 bridgehead atoms. The lowest BCUT2D eigenvalue weighted by atomic mass is 9.93. The fourth-order valence-electron chi connectivity index (χ4n) is 4.25. The zero-order chi connectivity index (χ0) is 20.4. The van der Waals surface area contributed by atoms with Gasteiger partial charge >= 0.3 is 0 Å². The highest BCUT2D eigenvalue weighted by Crippen LogP contribution is 2.40. The Morgan fingerprint density at radius 3 is 2.72 bits per heavy atom. The number of carbonyl (C=O) groups excluding carboxylic acids is 1. The molecule has 29 heavy (non-hydrogen) atoms. The average molecular weight is 478 g/mol. The largest absolute Gasteiger partial charge is 0.438 e. The van der Waals surface area contributed by atoms with Gasteiger partial charge in [-0.05, 0) is 60.0 Å². The summed E-state index contributed by atoms with van der Waals surface area (Å²) in [6, 6.07) is 2.21. The Morgan fingerprint density at radius 2 is 2.00 bits per heavy atom. The van der Waals surface area contributed by atoms with Crippen molar-refractivity contribution in [3.63, 3.8) is 0 Å². The minimum Gasteiger partial charge on any atom is -0.438 e. The maximum absolute atomic E-state index is 13.2. The second kappa shape index (κ2) is 9.04.